The van der Waals surface area contributed by atoms with Crippen LogP contribution >= 0.6 is 11.6 Å². The van der Waals surface area contributed by atoms with Crippen LogP contribution in [0.4, 0.5) is 27.8 Å². The fourth-order valence-electron chi connectivity index (χ4n) is 2.95. The molecular formula is C16H8ClF5N6O. The van der Waals surface area contributed by atoms with Crippen molar-refractivity contribution in [2.75, 3.05) is 5.32 Å². The standard InChI is InChI=1S/C16H8ClF5N6O/c17-12-10(7-3-28-4-8(24-5-29)26-9(28)2-23-7)6-1-25-27-14(6)11(13(12)18)15(19)16(20,21)22/h1-5,15H,(H,24,29)(H,25,27). The van der Waals surface area contributed by atoms with E-state index in [2.05, 4.69) is 25.5 Å². The summed E-state index contributed by atoms with van der Waals surface area (Å²) < 4.78 is 68.8. The molecule has 0 spiro atoms. The number of carbonyl (C=O) groups excluding carboxylic acids is 1. The van der Waals surface area contributed by atoms with Gasteiger partial charge in [0.15, 0.2) is 17.3 Å². The van der Waals surface area contributed by atoms with Gasteiger partial charge in [0, 0.05) is 17.1 Å². The molecule has 0 saturated heterocycles. The van der Waals surface area contributed by atoms with Crippen LogP contribution in [0.1, 0.15) is 11.7 Å². The van der Waals surface area contributed by atoms with Crippen molar-refractivity contribution in [3.63, 3.8) is 0 Å². The number of carbonyl (C=O) groups is 1. The summed E-state index contributed by atoms with van der Waals surface area (Å²) in [6, 6.07) is 0. The number of aromatic nitrogens is 5. The summed E-state index contributed by atoms with van der Waals surface area (Å²) >= 11 is 5.99. The lowest BCUT2D eigenvalue weighted by Gasteiger charge is -2.17. The first kappa shape index (κ1) is 19.1. The minimum absolute atomic E-state index is 0.0449. The molecule has 0 aliphatic carbocycles. The zero-order valence-electron chi connectivity index (χ0n) is 13.9. The van der Waals surface area contributed by atoms with Crippen LogP contribution in [0.15, 0.2) is 24.8 Å². The summed E-state index contributed by atoms with van der Waals surface area (Å²) in [6.07, 6.45) is -3.32. The monoisotopic (exact) mass is 430 g/mol. The maximum Gasteiger partial charge on any atom is 0.424 e. The lowest BCUT2D eigenvalue weighted by molar-refractivity contribution is -0.183. The Bertz CT molecular complexity index is 1250. The molecule has 7 nitrogen and oxygen atoms in total. The molecule has 0 fully saturated rings. The third-order valence-corrected chi connectivity index (χ3v) is 4.53. The Balaban J connectivity index is 1.96. The third kappa shape index (κ3) is 3.05. The third-order valence-electron chi connectivity index (χ3n) is 4.17. The van der Waals surface area contributed by atoms with E-state index in [4.69, 9.17) is 11.6 Å². The molecule has 1 aromatic carbocycles. The topological polar surface area (TPSA) is 88.0 Å². The first-order chi connectivity index (χ1) is 13.7. The fourth-order valence-corrected chi connectivity index (χ4v) is 3.25. The molecule has 1 atom stereocenters. The summed E-state index contributed by atoms with van der Waals surface area (Å²) in [5.74, 6) is -1.36. The Kier molecular flexibility index (Phi) is 4.37. The highest BCUT2D eigenvalue weighted by molar-refractivity contribution is 6.35. The number of benzene rings is 1. The number of alkyl halides is 4. The number of nitrogens with zero attached hydrogens (tertiary/aromatic N) is 4. The van der Waals surface area contributed by atoms with Crippen molar-refractivity contribution in [2.45, 2.75) is 12.3 Å². The average Bonchev–Trinajstić information content (AvgIpc) is 3.28. The highest BCUT2D eigenvalue weighted by atomic mass is 35.5. The van der Waals surface area contributed by atoms with Gasteiger partial charge in [-0.25, -0.2) is 13.8 Å². The van der Waals surface area contributed by atoms with Crippen molar-refractivity contribution in [1.82, 2.24) is 24.6 Å². The lowest BCUT2D eigenvalue weighted by Crippen LogP contribution is -2.18. The van der Waals surface area contributed by atoms with Crippen molar-refractivity contribution in [1.29, 1.82) is 0 Å². The van der Waals surface area contributed by atoms with Crippen molar-refractivity contribution >= 4 is 40.4 Å². The van der Waals surface area contributed by atoms with E-state index in [0.29, 0.717) is 12.1 Å². The minimum atomic E-state index is -5.33. The van der Waals surface area contributed by atoms with Crippen LogP contribution in [-0.2, 0) is 4.79 Å². The van der Waals surface area contributed by atoms with Crippen LogP contribution in [0.3, 0.4) is 0 Å². The molecule has 4 aromatic rings. The first-order valence-electron chi connectivity index (χ1n) is 7.82. The summed E-state index contributed by atoms with van der Waals surface area (Å²) in [4.78, 5) is 18.7. The number of imidazole rings is 1. The van der Waals surface area contributed by atoms with Crippen LogP contribution in [0.5, 0.6) is 0 Å². The van der Waals surface area contributed by atoms with Crippen LogP contribution in [0, 0.1) is 5.82 Å². The van der Waals surface area contributed by atoms with Crippen LogP contribution in [-0.4, -0.2) is 37.2 Å². The number of fused-ring (bicyclic) bond motifs is 2. The highest BCUT2D eigenvalue weighted by Crippen LogP contribution is 2.45. The van der Waals surface area contributed by atoms with Gasteiger partial charge in [-0.3, -0.25) is 14.9 Å². The van der Waals surface area contributed by atoms with Crippen molar-refractivity contribution in [2.24, 2.45) is 0 Å². The van der Waals surface area contributed by atoms with Crippen molar-refractivity contribution in [3.05, 3.63) is 41.2 Å². The van der Waals surface area contributed by atoms with Gasteiger partial charge in [-0.2, -0.15) is 18.3 Å². The van der Waals surface area contributed by atoms with E-state index in [1.165, 1.54) is 23.0 Å². The van der Waals surface area contributed by atoms with Gasteiger partial charge in [0.05, 0.1) is 40.4 Å². The molecule has 13 heteroatoms. The largest absolute Gasteiger partial charge is 0.424 e. The van der Waals surface area contributed by atoms with E-state index < -0.39 is 34.3 Å². The second-order valence-corrected chi connectivity index (χ2v) is 6.28. The number of rotatable bonds is 4. The van der Waals surface area contributed by atoms with Crippen molar-refractivity contribution in [3.8, 4) is 11.3 Å². The van der Waals surface area contributed by atoms with Crippen LogP contribution < -0.4 is 5.32 Å². The van der Waals surface area contributed by atoms with E-state index in [1.54, 1.807) is 0 Å². The molecule has 150 valence electrons. The number of H-pyrrole nitrogens is 1. The molecule has 1 unspecified atom stereocenters. The predicted molar refractivity (Wildman–Crippen MR) is 92.6 cm³/mol. The molecule has 0 saturated carbocycles. The molecule has 3 heterocycles. The molecule has 4 rings (SSSR count). The summed E-state index contributed by atoms with van der Waals surface area (Å²) in [5, 5.41) is 7.36. The first-order valence-corrected chi connectivity index (χ1v) is 8.20. The number of amides is 1. The molecule has 0 radical (unpaired) electrons. The van der Waals surface area contributed by atoms with Crippen LogP contribution in [0.2, 0.25) is 5.02 Å². The van der Waals surface area contributed by atoms with Gasteiger partial charge in [-0.1, -0.05) is 11.6 Å². The lowest BCUT2D eigenvalue weighted by atomic mass is 9.99. The fraction of sp³-hybridized carbons (Fsp3) is 0.125. The minimum Gasteiger partial charge on any atom is -0.312 e. The Morgan fingerprint density at radius 2 is 2.03 bits per heavy atom. The molecule has 2 N–H and O–H groups in total. The van der Waals surface area contributed by atoms with Crippen molar-refractivity contribution < 1.29 is 26.7 Å². The maximum atomic E-state index is 14.7. The molecule has 0 bridgehead atoms. The van der Waals surface area contributed by atoms with E-state index >= 15 is 0 Å². The molecule has 0 aliphatic heterocycles. The van der Waals surface area contributed by atoms with E-state index in [-0.39, 0.29) is 22.5 Å². The number of hydrogen-bond donors (Lipinski definition) is 2. The Morgan fingerprint density at radius 1 is 1.28 bits per heavy atom. The Labute approximate surface area is 162 Å². The van der Waals surface area contributed by atoms with Gasteiger partial charge < -0.3 is 9.72 Å². The summed E-state index contributed by atoms with van der Waals surface area (Å²) in [7, 11) is 0. The quantitative estimate of drug-likeness (QED) is 0.375. The van der Waals surface area contributed by atoms with Gasteiger partial charge in [-0.15, -0.1) is 0 Å². The average molecular weight is 431 g/mol. The van der Waals surface area contributed by atoms with E-state index in [9.17, 15) is 26.7 Å². The Hall–Kier alpha value is -3.28. The van der Waals surface area contributed by atoms with Crippen LogP contribution in [0.25, 0.3) is 27.8 Å². The Morgan fingerprint density at radius 3 is 2.72 bits per heavy atom. The summed E-state index contributed by atoms with van der Waals surface area (Å²) in [6.45, 7) is 0. The van der Waals surface area contributed by atoms with E-state index in [0.717, 1.165) is 6.20 Å². The number of nitrogens with one attached hydrogen (secondary N) is 2. The molecule has 3 aromatic heterocycles. The zero-order valence-corrected chi connectivity index (χ0v) is 14.7. The van der Waals surface area contributed by atoms with E-state index in [1.807, 2.05) is 0 Å². The highest BCUT2D eigenvalue weighted by Gasteiger charge is 2.45. The number of anilines is 1. The van der Waals surface area contributed by atoms with Gasteiger partial charge in [0.2, 0.25) is 12.6 Å². The van der Waals surface area contributed by atoms with Gasteiger partial charge in [0.1, 0.15) is 0 Å². The number of aromatic amines is 1. The predicted octanol–water partition coefficient (Wildman–Crippen LogP) is 4.21. The van der Waals surface area contributed by atoms with Gasteiger partial charge in [0.25, 0.3) is 0 Å². The molecule has 0 aliphatic rings. The second-order valence-electron chi connectivity index (χ2n) is 5.91. The smallest absolute Gasteiger partial charge is 0.312 e. The summed E-state index contributed by atoms with van der Waals surface area (Å²) in [5.41, 5.74) is -1.44. The SMILES string of the molecule is O=CNc1cn2cc(-c3c(Cl)c(F)c(C(F)C(F)(F)F)c4[nH]ncc34)ncc2n1. The molecular weight excluding hydrogens is 423 g/mol. The van der Waals surface area contributed by atoms with Gasteiger partial charge in [-0.05, 0) is 0 Å². The maximum absolute atomic E-state index is 14.7. The second kappa shape index (κ2) is 6.65. The number of halogens is 6. The number of hydrogen-bond acceptors (Lipinski definition) is 4. The molecule has 29 heavy (non-hydrogen) atoms. The molecule has 1 amide bonds. The van der Waals surface area contributed by atoms with Gasteiger partial charge >= 0.3 is 6.18 Å². The zero-order chi connectivity index (χ0) is 20.9. The normalized spacial score (nSPS) is 13.2.